The van der Waals surface area contributed by atoms with Gasteiger partial charge in [0.1, 0.15) is 5.82 Å². The Morgan fingerprint density at radius 1 is 1.00 bits per heavy atom. The van der Waals surface area contributed by atoms with Crippen molar-refractivity contribution in [3.63, 3.8) is 0 Å². The summed E-state index contributed by atoms with van der Waals surface area (Å²) in [6, 6.07) is 14.5. The Kier molecular flexibility index (Phi) is 2.84. The summed E-state index contributed by atoms with van der Waals surface area (Å²) in [5.74, 6) is 0.901. The van der Waals surface area contributed by atoms with Crippen LogP contribution < -0.4 is 5.73 Å². The van der Waals surface area contributed by atoms with E-state index in [0.717, 1.165) is 16.9 Å². The Labute approximate surface area is 112 Å². The highest BCUT2D eigenvalue weighted by Crippen LogP contribution is 2.26. The molecule has 0 atom stereocenters. The fraction of sp³-hybridized carbons (Fsp3) is 0.188. The van der Waals surface area contributed by atoms with Crippen molar-refractivity contribution in [3.8, 4) is 5.69 Å². The van der Waals surface area contributed by atoms with Gasteiger partial charge >= 0.3 is 0 Å². The van der Waals surface area contributed by atoms with E-state index < -0.39 is 0 Å². The van der Waals surface area contributed by atoms with Gasteiger partial charge in [0.05, 0.1) is 23.3 Å². The molecule has 0 aliphatic carbocycles. The maximum absolute atomic E-state index is 5.87. The Bertz CT molecular complexity index is 721. The van der Waals surface area contributed by atoms with Crippen LogP contribution in [0.4, 0.5) is 0 Å². The molecule has 2 aromatic carbocycles. The number of rotatable bonds is 2. The quantitative estimate of drug-likeness (QED) is 0.760. The van der Waals surface area contributed by atoms with Gasteiger partial charge in [0, 0.05) is 0 Å². The van der Waals surface area contributed by atoms with Crippen LogP contribution in [0.15, 0.2) is 42.5 Å². The zero-order valence-corrected chi connectivity index (χ0v) is 11.2. The molecule has 3 rings (SSSR count). The lowest BCUT2D eigenvalue weighted by atomic mass is 10.1. The second-order valence-corrected chi connectivity index (χ2v) is 4.80. The number of benzene rings is 2. The van der Waals surface area contributed by atoms with Crippen LogP contribution in [0.2, 0.25) is 0 Å². The minimum atomic E-state index is 0.433. The number of aromatic nitrogens is 2. The molecule has 3 nitrogen and oxygen atoms in total. The molecule has 0 saturated carbocycles. The van der Waals surface area contributed by atoms with Gasteiger partial charge in [-0.25, -0.2) is 4.98 Å². The highest BCUT2D eigenvalue weighted by molar-refractivity contribution is 5.79. The average molecular weight is 251 g/mol. The second kappa shape index (κ2) is 4.52. The van der Waals surface area contributed by atoms with Gasteiger partial charge in [-0.2, -0.15) is 0 Å². The number of para-hydroxylation sites is 3. The minimum absolute atomic E-state index is 0.433. The Balaban J connectivity index is 2.41. The molecule has 1 aromatic heterocycles. The first-order valence-corrected chi connectivity index (χ1v) is 6.45. The zero-order chi connectivity index (χ0) is 13.4. The summed E-state index contributed by atoms with van der Waals surface area (Å²) in [7, 11) is 0. The monoisotopic (exact) mass is 251 g/mol. The molecule has 0 fully saturated rings. The third-order valence-corrected chi connectivity index (χ3v) is 3.48. The van der Waals surface area contributed by atoms with Crippen molar-refractivity contribution in [1.29, 1.82) is 0 Å². The molecule has 1 heterocycles. The fourth-order valence-electron chi connectivity index (χ4n) is 2.62. The second-order valence-electron chi connectivity index (χ2n) is 4.80. The summed E-state index contributed by atoms with van der Waals surface area (Å²) in [5, 5.41) is 0. The first-order valence-electron chi connectivity index (χ1n) is 6.45. The van der Waals surface area contributed by atoms with Crippen molar-refractivity contribution in [2.24, 2.45) is 5.73 Å². The average Bonchev–Trinajstić information content (AvgIpc) is 2.77. The van der Waals surface area contributed by atoms with Crippen molar-refractivity contribution in [1.82, 2.24) is 9.55 Å². The third kappa shape index (κ3) is 1.83. The van der Waals surface area contributed by atoms with Gasteiger partial charge in [0.25, 0.3) is 0 Å². The summed E-state index contributed by atoms with van der Waals surface area (Å²) in [6.45, 7) is 4.68. The number of nitrogens with two attached hydrogens (primary N) is 1. The number of hydrogen-bond acceptors (Lipinski definition) is 2. The van der Waals surface area contributed by atoms with Gasteiger partial charge in [-0.3, -0.25) is 4.57 Å². The molecule has 0 radical (unpaired) electrons. The van der Waals surface area contributed by atoms with Crippen LogP contribution in [-0.2, 0) is 6.54 Å². The van der Waals surface area contributed by atoms with Crippen LogP contribution in [0.25, 0.3) is 16.7 Å². The zero-order valence-electron chi connectivity index (χ0n) is 11.2. The van der Waals surface area contributed by atoms with Crippen molar-refractivity contribution >= 4 is 11.0 Å². The molecule has 19 heavy (non-hydrogen) atoms. The number of nitrogens with zero attached hydrogens (tertiary/aromatic N) is 2. The van der Waals surface area contributed by atoms with Crippen molar-refractivity contribution in [3.05, 3.63) is 59.4 Å². The maximum atomic E-state index is 5.87. The van der Waals surface area contributed by atoms with E-state index in [4.69, 9.17) is 5.73 Å². The predicted octanol–water partition coefficient (Wildman–Crippen LogP) is 3.10. The maximum Gasteiger partial charge on any atom is 0.128 e. The summed E-state index contributed by atoms with van der Waals surface area (Å²) in [6.07, 6.45) is 0. The first-order chi connectivity index (χ1) is 9.22. The van der Waals surface area contributed by atoms with E-state index in [2.05, 4.69) is 47.7 Å². The normalized spacial score (nSPS) is 11.1. The van der Waals surface area contributed by atoms with Gasteiger partial charge < -0.3 is 5.73 Å². The van der Waals surface area contributed by atoms with Crippen molar-refractivity contribution < 1.29 is 0 Å². The van der Waals surface area contributed by atoms with Gasteiger partial charge in [0.2, 0.25) is 0 Å². The lowest BCUT2D eigenvalue weighted by molar-refractivity contribution is 0.874. The molecule has 3 heteroatoms. The molecule has 0 amide bonds. The van der Waals surface area contributed by atoms with Crippen LogP contribution in [0, 0.1) is 13.8 Å². The van der Waals surface area contributed by atoms with Crippen LogP contribution in [0.1, 0.15) is 17.0 Å². The molecule has 0 saturated heterocycles. The molecule has 0 spiro atoms. The van der Waals surface area contributed by atoms with Crippen LogP contribution in [0.3, 0.4) is 0 Å². The van der Waals surface area contributed by atoms with Gasteiger partial charge in [-0.05, 0) is 37.1 Å². The smallest absolute Gasteiger partial charge is 0.128 e. The lowest BCUT2D eigenvalue weighted by Gasteiger charge is -2.14. The SMILES string of the molecule is Cc1cccc(C)c1-n1c(CN)nc2ccccc21. The number of imidazole rings is 1. The largest absolute Gasteiger partial charge is 0.324 e. The standard InChI is InChI=1S/C16H17N3/c1-11-6-5-7-12(2)16(11)19-14-9-4-3-8-13(14)18-15(19)10-17/h3-9H,10,17H2,1-2H3. The number of hydrogen-bond donors (Lipinski definition) is 1. The molecule has 96 valence electrons. The molecule has 0 aliphatic rings. The van der Waals surface area contributed by atoms with Crippen LogP contribution >= 0.6 is 0 Å². The molecule has 0 aliphatic heterocycles. The summed E-state index contributed by atoms with van der Waals surface area (Å²) in [5.41, 5.74) is 11.6. The minimum Gasteiger partial charge on any atom is -0.324 e. The highest BCUT2D eigenvalue weighted by atomic mass is 15.1. The van der Waals surface area contributed by atoms with Crippen LogP contribution in [-0.4, -0.2) is 9.55 Å². The van der Waals surface area contributed by atoms with Crippen molar-refractivity contribution in [2.45, 2.75) is 20.4 Å². The Morgan fingerprint density at radius 2 is 1.68 bits per heavy atom. The van der Waals surface area contributed by atoms with Gasteiger partial charge in [-0.15, -0.1) is 0 Å². The van der Waals surface area contributed by atoms with Crippen molar-refractivity contribution in [2.75, 3.05) is 0 Å². The highest BCUT2D eigenvalue weighted by Gasteiger charge is 2.13. The van der Waals surface area contributed by atoms with E-state index >= 15 is 0 Å². The summed E-state index contributed by atoms with van der Waals surface area (Å²) < 4.78 is 2.18. The molecule has 0 bridgehead atoms. The van der Waals surface area contributed by atoms with Gasteiger partial charge in [0.15, 0.2) is 0 Å². The van der Waals surface area contributed by atoms with Gasteiger partial charge in [-0.1, -0.05) is 30.3 Å². The summed E-state index contributed by atoms with van der Waals surface area (Å²) in [4.78, 5) is 4.63. The lowest BCUT2D eigenvalue weighted by Crippen LogP contribution is -2.09. The van der Waals surface area contributed by atoms with E-state index in [9.17, 15) is 0 Å². The summed E-state index contributed by atoms with van der Waals surface area (Å²) >= 11 is 0. The van der Waals surface area contributed by atoms with E-state index in [1.807, 2.05) is 18.2 Å². The van der Waals surface area contributed by atoms with Crippen LogP contribution in [0.5, 0.6) is 0 Å². The number of aryl methyl sites for hydroxylation is 2. The fourth-order valence-corrected chi connectivity index (χ4v) is 2.62. The van der Waals surface area contributed by atoms with E-state index in [1.165, 1.54) is 16.8 Å². The Morgan fingerprint density at radius 3 is 2.37 bits per heavy atom. The van der Waals surface area contributed by atoms with E-state index in [0.29, 0.717) is 6.54 Å². The van der Waals surface area contributed by atoms with E-state index in [1.54, 1.807) is 0 Å². The predicted molar refractivity (Wildman–Crippen MR) is 78.4 cm³/mol. The van der Waals surface area contributed by atoms with E-state index in [-0.39, 0.29) is 0 Å². The first kappa shape index (κ1) is 11.9. The molecular weight excluding hydrogens is 234 g/mol. The molecule has 3 aromatic rings. The molecule has 0 unspecified atom stereocenters. The molecular formula is C16H17N3. The topological polar surface area (TPSA) is 43.8 Å². The third-order valence-electron chi connectivity index (χ3n) is 3.48. The molecule has 2 N–H and O–H groups in total. The number of fused-ring (bicyclic) bond motifs is 1. The Hall–Kier alpha value is -2.13.